The van der Waals surface area contributed by atoms with Crippen LogP contribution in [0.5, 0.6) is 11.5 Å². The maximum Gasteiger partial charge on any atom is 0.255 e. The van der Waals surface area contributed by atoms with Gasteiger partial charge in [0.2, 0.25) is 5.91 Å². The molecule has 2 aromatic carbocycles. The number of para-hydroxylation sites is 1. The maximum atomic E-state index is 12.2. The molecule has 0 saturated carbocycles. The molecule has 2 amide bonds. The highest BCUT2D eigenvalue weighted by Gasteiger charge is 2.13. The van der Waals surface area contributed by atoms with E-state index < -0.39 is 0 Å². The Hall–Kier alpha value is -3.02. The van der Waals surface area contributed by atoms with Crippen molar-refractivity contribution in [3.63, 3.8) is 0 Å². The SMILES string of the molecule is COc1ccc(C)cc1NC(=O)CNC(=O)c1ccccc1OC. The lowest BCUT2D eigenvalue weighted by Gasteiger charge is -2.12. The summed E-state index contributed by atoms with van der Waals surface area (Å²) in [4.78, 5) is 24.2. The highest BCUT2D eigenvalue weighted by atomic mass is 16.5. The van der Waals surface area contributed by atoms with Crippen molar-refractivity contribution in [2.24, 2.45) is 0 Å². The number of rotatable bonds is 6. The van der Waals surface area contributed by atoms with E-state index in [4.69, 9.17) is 9.47 Å². The minimum atomic E-state index is -0.376. The molecule has 0 spiro atoms. The average molecular weight is 328 g/mol. The number of aryl methyl sites for hydroxylation is 1. The van der Waals surface area contributed by atoms with E-state index in [1.165, 1.54) is 14.2 Å². The minimum absolute atomic E-state index is 0.159. The molecular formula is C18H20N2O4. The fourth-order valence-electron chi connectivity index (χ4n) is 2.20. The predicted molar refractivity (Wildman–Crippen MR) is 91.7 cm³/mol. The molecule has 0 fully saturated rings. The summed E-state index contributed by atoms with van der Waals surface area (Å²) in [5.74, 6) is 0.293. The molecule has 0 atom stereocenters. The molecule has 0 aliphatic carbocycles. The molecule has 2 N–H and O–H groups in total. The Kier molecular flexibility index (Phi) is 5.78. The van der Waals surface area contributed by atoms with Gasteiger partial charge >= 0.3 is 0 Å². The van der Waals surface area contributed by atoms with Gasteiger partial charge in [0.1, 0.15) is 11.5 Å². The topological polar surface area (TPSA) is 76.7 Å². The lowest BCUT2D eigenvalue weighted by molar-refractivity contribution is -0.115. The standard InChI is InChI=1S/C18H20N2O4/c1-12-8-9-16(24-3)14(10-12)20-17(21)11-19-18(22)13-6-4-5-7-15(13)23-2/h4-10H,11H2,1-3H3,(H,19,22)(H,20,21). The first-order chi connectivity index (χ1) is 11.5. The number of benzene rings is 2. The summed E-state index contributed by atoms with van der Waals surface area (Å²) in [5, 5.41) is 5.30. The van der Waals surface area contributed by atoms with E-state index in [0.717, 1.165) is 5.56 Å². The van der Waals surface area contributed by atoms with Crippen molar-refractivity contribution in [3.05, 3.63) is 53.6 Å². The summed E-state index contributed by atoms with van der Waals surface area (Å²) >= 11 is 0. The smallest absolute Gasteiger partial charge is 0.255 e. The Labute approximate surface area is 140 Å². The summed E-state index contributed by atoms with van der Waals surface area (Å²) in [6.07, 6.45) is 0. The molecule has 0 aliphatic rings. The number of nitrogens with one attached hydrogen (secondary N) is 2. The number of methoxy groups -OCH3 is 2. The Bertz CT molecular complexity index is 744. The van der Waals surface area contributed by atoms with Crippen LogP contribution in [0.25, 0.3) is 0 Å². The molecule has 6 nitrogen and oxygen atoms in total. The third-order valence-corrected chi connectivity index (χ3v) is 3.39. The summed E-state index contributed by atoms with van der Waals surface area (Å²) in [5.41, 5.74) is 1.93. The molecule has 0 saturated heterocycles. The first-order valence-electron chi connectivity index (χ1n) is 7.41. The molecule has 0 unspecified atom stereocenters. The monoisotopic (exact) mass is 328 g/mol. The fraction of sp³-hybridized carbons (Fsp3) is 0.222. The van der Waals surface area contributed by atoms with Gasteiger partial charge in [-0.1, -0.05) is 18.2 Å². The Morgan fingerprint density at radius 1 is 1.00 bits per heavy atom. The summed E-state index contributed by atoms with van der Waals surface area (Å²) in [6.45, 7) is 1.76. The van der Waals surface area contributed by atoms with Crippen LogP contribution in [0.15, 0.2) is 42.5 Å². The van der Waals surface area contributed by atoms with Gasteiger partial charge in [0.15, 0.2) is 0 Å². The first kappa shape index (κ1) is 17.3. The molecule has 2 rings (SSSR count). The number of amides is 2. The molecule has 0 heterocycles. The van der Waals surface area contributed by atoms with Crippen molar-refractivity contribution in [3.8, 4) is 11.5 Å². The van der Waals surface area contributed by atoms with Gasteiger partial charge in [0.05, 0.1) is 32.0 Å². The van der Waals surface area contributed by atoms with Gasteiger partial charge in [-0.2, -0.15) is 0 Å². The van der Waals surface area contributed by atoms with Crippen molar-refractivity contribution < 1.29 is 19.1 Å². The second-order valence-electron chi connectivity index (χ2n) is 5.13. The van der Waals surface area contributed by atoms with Crippen LogP contribution in [-0.4, -0.2) is 32.6 Å². The summed E-state index contributed by atoms with van der Waals surface area (Å²) < 4.78 is 10.3. The highest BCUT2D eigenvalue weighted by molar-refractivity contribution is 6.01. The summed E-state index contributed by atoms with van der Waals surface area (Å²) in [6, 6.07) is 12.3. The third-order valence-electron chi connectivity index (χ3n) is 3.39. The largest absolute Gasteiger partial charge is 0.496 e. The number of hydrogen-bond acceptors (Lipinski definition) is 4. The fourth-order valence-corrected chi connectivity index (χ4v) is 2.20. The van der Waals surface area contributed by atoms with Crippen molar-refractivity contribution in [1.82, 2.24) is 5.32 Å². The van der Waals surface area contributed by atoms with Crippen molar-refractivity contribution in [2.45, 2.75) is 6.92 Å². The number of carbonyl (C=O) groups excluding carboxylic acids is 2. The van der Waals surface area contributed by atoms with Gasteiger partial charge in [-0.05, 0) is 36.8 Å². The lowest BCUT2D eigenvalue weighted by Crippen LogP contribution is -2.33. The molecule has 2 aromatic rings. The molecule has 126 valence electrons. The van der Waals surface area contributed by atoms with Crippen LogP contribution in [0, 0.1) is 6.92 Å². The van der Waals surface area contributed by atoms with Crippen LogP contribution in [0.1, 0.15) is 15.9 Å². The molecule has 0 radical (unpaired) electrons. The zero-order valence-electron chi connectivity index (χ0n) is 13.9. The quantitative estimate of drug-likeness (QED) is 0.853. The number of carbonyl (C=O) groups is 2. The van der Waals surface area contributed by atoms with E-state index in [1.54, 1.807) is 36.4 Å². The van der Waals surface area contributed by atoms with E-state index in [-0.39, 0.29) is 18.4 Å². The summed E-state index contributed by atoms with van der Waals surface area (Å²) in [7, 11) is 3.02. The molecule has 6 heteroatoms. The molecule has 0 bridgehead atoms. The van der Waals surface area contributed by atoms with Crippen LogP contribution >= 0.6 is 0 Å². The second kappa shape index (κ2) is 8.01. The first-order valence-corrected chi connectivity index (χ1v) is 7.41. The van der Waals surface area contributed by atoms with Gasteiger partial charge in [-0.25, -0.2) is 0 Å². The van der Waals surface area contributed by atoms with Crippen LogP contribution in [-0.2, 0) is 4.79 Å². The zero-order valence-corrected chi connectivity index (χ0v) is 13.9. The molecular weight excluding hydrogens is 308 g/mol. The Morgan fingerprint density at radius 2 is 1.71 bits per heavy atom. The third kappa shape index (κ3) is 4.25. The van der Waals surface area contributed by atoms with Crippen LogP contribution in [0.2, 0.25) is 0 Å². The minimum Gasteiger partial charge on any atom is -0.496 e. The van der Waals surface area contributed by atoms with E-state index >= 15 is 0 Å². The van der Waals surface area contributed by atoms with Crippen LogP contribution in [0.3, 0.4) is 0 Å². The van der Waals surface area contributed by atoms with Crippen LogP contribution in [0.4, 0.5) is 5.69 Å². The van der Waals surface area contributed by atoms with Gasteiger partial charge in [-0.3, -0.25) is 9.59 Å². The van der Waals surface area contributed by atoms with E-state index in [0.29, 0.717) is 22.7 Å². The van der Waals surface area contributed by atoms with Gasteiger partial charge in [0, 0.05) is 0 Å². The van der Waals surface area contributed by atoms with E-state index in [2.05, 4.69) is 10.6 Å². The van der Waals surface area contributed by atoms with Crippen LogP contribution < -0.4 is 20.1 Å². The maximum absolute atomic E-state index is 12.2. The average Bonchev–Trinajstić information content (AvgIpc) is 2.59. The van der Waals surface area contributed by atoms with Gasteiger partial charge in [-0.15, -0.1) is 0 Å². The Balaban J connectivity index is 1.98. The van der Waals surface area contributed by atoms with Crippen molar-refractivity contribution >= 4 is 17.5 Å². The second-order valence-corrected chi connectivity index (χ2v) is 5.13. The number of anilines is 1. The Morgan fingerprint density at radius 3 is 2.42 bits per heavy atom. The normalized spacial score (nSPS) is 9.96. The number of ether oxygens (including phenoxy) is 2. The molecule has 24 heavy (non-hydrogen) atoms. The predicted octanol–water partition coefficient (Wildman–Crippen LogP) is 2.38. The van der Waals surface area contributed by atoms with E-state index in [9.17, 15) is 9.59 Å². The number of hydrogen-bond donors (Lipinski definition) is 2. The van der Waals surface area contributed by atoms with Crippen molar-refractivity contribution in [2.75, 3.05) is 26.1 Å². The zero-order chi connectivity index (χ0) is 17.5. The molecule has 0 aliphatic heterocycles. The van der Waals surface area contributed by atoms with Crippen molar-refractivity contribution in [1.29, 1.82) is 0 Å². The van der Waals surface area contributed by atoms with Gasteiger partial charge in [0.25, 0.3) is 5.91 Å². The molecule has 0 aromatic heterocycles. The van der Waals surface area contributed by atoms with Gasteiger partial charge < -0.3 is 20.1 Å². The lowest BCUT2D eigenvalue weighted by atomic mass is 10.2. The highest BCUT2D eigenvalue weighted by Crippen LogP contribution is 2.25. The van der Waals surface area contributed by atoms with E-state index in [1.807, 2.05) is 13.0 Å².